The van der Waals surface area contributed by atoms with E-state index < -0.39 is 0 Å². The summed E-state index contributed by atoms with van der Waals surface area (Å²) in [5.41, 5.74) is 1.56. The first-order chi connectivity index (χ1) is 6.34. The van der Waals surface area contributed by atoms with Gasteiger partial charge in [0, 0.05) is 11.3 Å². The summed E-state index contributed by atoms with van der Waals surface area (Å²) in [5.74, 6) is 0.811. The fourth-order valence-corrected chi connectivity index (χ4v) is 2.87. The second-order valence-corrected chi connectivity index (χ2v) is 5.07. The van der Waals surface area contributed by atoms with Gasteiger partial charge in [-0.05, 0) is 32.7 Å². The molecule has 2 aliphatic rings. The summed E-state index contributed by atoms with van der Waals surface area (Å²) in [5, 5.41) is 7.00. The molecule has 0 saturated heterocycles. The Balaban J connectivity index is 1.88. The number of nitrogens with one attached hydrogen (secondary N) is 1. The number of thiazole rings is 1. The topological polar surface area (TPSA) is 24.9 Å². The highest BCUT2D eigenvalue weighted by molar-refractivity contribution is 7.09. The zero-order valence-corrected chi connectivity index (χ0v) is 8.66. The number of hydrogen-bond donors (Lipinski definition) is 1. The Morgan fingerprint density at radius 2 is 2.31 bits per heavy atom. The maximum atomic E-state index is 4.73. The zero-order valence-electron chi connectivity index (χ0n) is 7.84. The summed E-state index contributed by atoms with van der Waals surface area (Å²) in [6, 6.07) is 0. The van der Waals surface area contributed by atoms with E-state index in [4.69, 9.17) is 4.98 Å². The standard InChI is InChI=1S/C10H14N2S/c1-11-10(4-5-10)8-6-13-9(12-8)7-2-3-7/h6-7,11H,2-5H2,1H3. The van der Waals surface area contributed by atoms with Crippen LogP contribution in [0.1, 0.15) is 42.3 Å². The molecule has 13 heavy (non-hydrogen) atoms. The third-order valence-corrected chi connectivity index (χ3v) is 4.17. The summed E-state index contributed by atoms with van der Waals surface area (Å²) in [4.78, 5) is 4.73. The Morgan fingerprint density at radius 3 is 2.85 bits per heavy atom. The van der Waals surface area contributed by atoms with Crippen LogP contribution < -0.4 is 5.32 Å². The maximum absolute atomic E-state index is 4.73. The van der Waals surface area contributed by atoms with Crippen LogP contribution in [0.5, 0.6) is 0 Å². The largest absolute Gasteiger partial charge is 0.309 e. The molecule has 1 N–H and O–H groups in total. The van der Waals surface area contributed by atoms with Gasteiger partial charge < -0.3 is 5.32 Å². The second-order valence-electron chi connectivity index (χ2n) is 4.18. The van der Waals surface area contributed by atoms with Gasteiger partial charge in [-0.1, -0.05) is 0 Å². The van der Waals surface area contributed by atoms with Crippen LogP contribution in [0.4, 0.5) is 0 Å². The Labute approximate surface area is 82.4 Å². The first kappa shape index (κ1) is 7.94. The molecule has 0 amide bonds. The lowest BCUT2D eigenvalue weighted by Gasteiger charge is -2.09. The van der Waals surface area contributed by atoms with E-state index in [-0.39, 0.29) is 5.54 Å². The Morgan fingerprint density at radius 1 is 1.54 bits per heavy atom. The highest BCUT2D eigenvalue weighted by Gasteiger charge is 2.45. The second kappa shape index (κ2) is 2.55. The molecule has 1 aromatic heterocycles. The average Bonchev–Trinajstić information content (AvgIpc) is 3.07. The van der Waals surface area contributed by atoms with Crippen LogP contribution in [0.2, 0.25) is 0 Å². The van der Waals surface area contributed by atoms with Crippen LogP contribution in [0.25, 0.3) is 0 Å². The van der Waals surface area contributed by atoms with E-state index in [2.05, 4.69) is 10.7 Å². The molecule has 3 rings (SSSR count). The molecule has 2 nitrogen and oxygen atoms in total. The number of aromatic nitrogens is 1. The van der Waals surface area contributed by atoms with Crippen molar-refractivity contribution < 1.29 is 0 Å². The molecular weight excluding hydrogens is 180 g/mol. The van der Waals surface area contributed by atoms with Crippen LogP contribution in [0.15, 0.2) is 5.38 Å². The SMILES string of the molecule is CNC1(c2csc(C3CC3)n2)CC1. The van der Waals surface area contributed by atoms with Gasteiger partial charge in [-0.3, -0.25) is 0 Å². The number of rotatable bonds is 3. The van der Waals surface area contributed by atoms with Crippen LogP contribution in [0, 0.1) is 0 Å². The molecule has 0 unspecified atom stereocenters. The molecule has 1 aromatic rings. The number of hydrogen-bond acceptors (Lipinski definition) is 3. The summed E-state index contributed by atoms with van der Waals surface area (Å²) in [6.45, 7) is 0. The minimum Gasteiger partial charge on any atom is -0.309 e. The third kappa shape index (κ3) is 1.22. The molecule has 0 aromatic carbocycles. The quantitative estimate of drug-likeness (QED) is 0.798. The van der Waals surface area contributed by atoms with Gasteiger partial charge in [-0.25, -0.2) is 4.98 Å². The summed E-state index contributed by atoms with van der Waals surface area (Å²) in [6.07, 6.45) is 5.24. The van der Waals surface area contributed by atoms with E-state index in [0.29, 0.717) is 0 Å². The van der Waals surface area contributed by atoms with E-state index in [1.165, 1.54) is 36.4 Å². The maximum Gasteiger partial charge on any atom is 0.0960 e. The van der Waals surface area contributed by atoms with Crippen molar-refractivity contribution >= 4 is 11.3 Å². The smallest absolute Gasteiger partial charge is 0.0960 e. The predicted octanol–water partition coefficient (Wildman–Crippen LogP) is 2.23. The molecule has 0 radical (unpaired) electrons. The molecule has 0 bridgehead atoms. The molecule has 1 heterocycles. The Kier molecular flexibility index (Phi) is 1.56. The van der Waals surface area contributed by atoms with Crippen molar-refractivity contribution in [3.8, 4) is 0 Å². The summed E-state index contributed by atoms with van der Waals surface area (Å²) < 4.78 is 0. The van der Waals surface area contributed by atoms with Crippen LogP contribution in [-0.2, 0) is 5.54 Å². The van der Waals surface area contributed by atoms with Crippen LogP contribution >= 0.6 is 11.3 Å². The van der Waals surface area contributed by atoms with Crippen LogP contribution in [0.3, 0.4) is 0 Å². The van der Waals surface area contributed by atoms with Gasteiger partial charge in [0.2, 0.25) is 0 Å². The van der Waals surface area contributed by atoms with Crippen molar-refractivity contribution in [3.05, 3.63) is 16.1 Å². The minimum atomic E-state index is 0.268. The molecule has 3 heteroatoms. The predicted molar refractivity (Wildman–Crippen MR) is 54.1 cm³/mol. The molecule has 0 atom stereocenters. The van der Waals surface area contributed by atoms with Crippen LogP contribution in [-0.4, -0.2) is 12.0 Å². The van der Waals surface area contributed by atoms with Crippen molar-refractivity contribution in [1.82, 2.24) is 10.3 Å². The van der Waals surface area contributed by atoms with Crippen molar-refractivity contribution in [1.29, 1.82) is 0 Å². The lowest BCUT2D eigenvalue weighted by Crippen LogP contribution is -2.24. The van der Waals surface area contributed by atoms with E-state index in [0.717, 1.165) is 5.92 Å². The molecule has 0 spiro atoms. The van der Waals surface area contributed by atoms with E-state index in [9.17, 15) is 0 Å². The minimum absolute atomic E-state index is 0.268. The summed E-state index contributed by atoms with van der Waals surface area (Å²) in [7, 11) is 2.04. The molecule has 2 fully saturated rings. The Hall–Kier alpha value is -0.410. The van der Waals surface area contributed by atoms with Gasteiger partial charge in [0.05, 0.1) is 16.2 Å². The van der Waals surface area contributed by atoms with Crippen molar-refractivity contribution in [2.75, 3.05) is 7.05 Å². The third-order valence-electron chi connectivity index (χ3n) is 3.17. The fraction of sp³-hybridized carbons (Fsp3) is 0.700. The molecule has 0 aliphatic heterocycles. The molecule has 70 valence electrons. The van der Waals surface area contributed by atoms with E-state index in [1.54, 1.807) is 0 Å². The molecule has 2 aliphatic carbocycles. The molecular formula is C10H14N2S. The molecule has 2 saturated carbocycles. The highest BCUT2D eigenvalue weighted by Crippen LogP contribution is 2.48. The monoisotopic (exact) mass is 194 g/mol. The van der Waals surface area contributed by atoms with Gasteiger partial charge in [0.15, 0.2) is 0 Å². The van der Waals surface area contributed by atoms with Gasteiger partial charge in [0.1, 0.15) is 0 Å². The first-order valence-corrected chi connectivity index (χ1v) is 5.87. The van der Waals surface area contributed by atoms with Crippen molar-refractivity contribution in [2.45, 2.75) is 37.1 Å². The normalized spacial score (nSPS) is 24.7. The average molecular weight is 194 g/mol. The van der Waals surface area contributed by atoms with Crippen molar-refractivity contribution in [3.63, 3.8) is 0 Å². The van der Waals surface area contributed by atoms with Gasteiger partial charge in [-0.2, -0.15) is 0 Å². The highest BCUT2D eigenvalue weighted by atomic mass is 32.1. The lowest BCUT2D eigenvalue weighted by atomic mass is 10.2. The number of nitrogens with zero attached hydrogens (tertiary/aromatic N) is 1. The van der Waals surface area contributed by atoms with Gasteiger partial charge in [0.25, 0.3) is 0 Å². The lowest BCUT2D eigenvalue weighted by molar-refractivity contribution is 0.569. The van der Waals surface area contributed by atoms with Gasteiger partial charge >= 0.3 is 0 Å². The fourth-order valence-electron chi connectivity index (χ4n) is 1.78. The first-order valence-electron chi connectivity index (χ1n) is 4.99. The van der Waals surface area contributed by atoms with Crippen molar-refractivity contribution in [2.24, 2.45) is 0 Å². The Bertz CT molecular complexity index is 323. The zero-order chi connectivity index (χ0) is 8.89. The summed E-state index contributed by atoms with van der Waals surface area (Å²) >= 11 is 1.85. The van der Waals surface area contributed by atoms with Gasteiger partial charge in [-0.15, -0.1) is 11.3 Å². The van der Waals surface area contributed by atoms with E-state index >= 15 is 0 Å². The van der Waals surface area contributed by atoms with E-state index in [1.807, 2.05) is 18.4 Å².